The van der Waals surface area contributed by atoms with Gasteiger partial charge in [0.2, 0.25) is 0 Å². The summed E-state index contributed by atoms with van der Waals surface area (Å²) in [5.41, 5.74) is 0.645. The summed E-state index contributed by atoms with van der Waals surface area (Å²) in [6, 6.07) is 7.30. The number of rotatable bonds is 3. The van der Waals surface area contributed by atoms with Gasteiger partial charge >= 0.3 is 0 Å². The largest absolute Gasteiger partial charge is 0.497 e. The first kappa shape index (κ1) is 17.0. The second-order valence-corrected chi connectivity index (χ2v) is 7.19. The van der Waals surface area contributed by atoms with E-state index in [1.165, 1.54) is 6.42 Å². The molecule has 0 N–H and O–H groups in total. The number of methoxy groups -OCH3 is 1. The van der Waals surface area contributed by atoms with Crippen LogP contribution in [0, 0.1) is 0 Å². The van der Waals surface area contributed by atoms with Gasteiger partial charge in [-0.2, -0.15) is 0 Å². The number of benzene rings is 1. The van der Waals surface area contributed by atoms with Crippen LogP contribution in [-0.2, 0) is 13.1 Å². The van der Waals surface area contributed by atoms with E-state index in [1.54, 1.807) is 13.2 Å². The predicted molar refractivity (Wildman–Crippen MR) is 97.2 cm³/mol. The minimum atomic E-state index is 0.0112. The molecule has 0 aliphatic carbocycles. The van der Waals surface area contributed by atoms with E-state index in [0.29, 0.717) is 30.3 Å². The zero-order valence-electron chi connectivity index (χ0n) is 15.4. The Morgan fingerprint density at radius 3 is 2.92 bits per heavy atom. The molecule has 2 aliphatic rings. The first-order valence-electron chi connectivity index (χ1n) is 9.19. The van der Waals surface area contributed by atoms with Crippen molar-refractivity contribution < 1.29 is 9.53 Å². The number of amides is 1. The van der Waals surface area contributed by atoms with E-state index in [9.17, 15) is 4.79 Å². The van der Waals surface area contributed by atoms with Crippen LogP contribution >= 0.6 is 0 Å². The quantitative estimate of drug-likeness (QED) is 0.839. The molecule has 2 aromatic rings. The Morgan fingerprint density at radius 1 is 1.23 bits per heavy atom. The Balaban J connectivity index is 1.51. The van der Waals surface area contributed by atoms with Crippen LogP contribution in [0.25, 0.3) is 0 Å². The van der Waals surface area contributed by atoms with Crippen molar-refractivity contribution in [3.8, 4) is 5.75 Å². The van der Waals surface area contributed by atoms with Crippen LogP contribution in [-0.4, -0.2) is 64.3 Å². The van der Waals surface area contributed by atoms with Gasteiger partial charge in [0.25, 0.3) is 5.91 Å². The van der Waals surface area contributed by atoms with Gasteiger partial charge in [-0.1, -0.05) is 6.07 Å². The number of carbonyl (C=O) groups is 1. The number of aromatic nitrogens is 3. The molecule has 4 rings (SSSR count). The summed E-state index contributed by atoms with van der Waals surface area (Å²) < 4.78 is 7.45. The maximum Gasteiger partial charge on any atom is 0.254 e. The van der Waals surface area contributed by atoms with Gasteiger partial charge in [-0.05, 0) is 44.6 Å². The molecule has 7 heteroatoms. The van der Waals surface area contributed by atoms with E-state index >= 15 is 0 Å². The molecule has 3 heterocycles. The molecule has 1 aromatic heterocycles. The Morgan fingerprint density at radius 2 is 2.12 bits per heavy atom. The number of fused-ring (bicyclic) bond motifs is 1. The minimum Gasteiger partial charge on any atom is -0.497 e. The van der Waals surface area contributed by atoms with Crippen LogP contribution < -0.4 is 4.74 Å². The number of likely N-dealkylation sites (N-methyl/N-ethyl adjacent to an activating group) is 1. The lowest BCUT2D eigenvalue weighted by molar-refractivity contribution is 0.0705. The summed E-state index contributed by atoms with van der Waals surface area (Å²) in [6.07, 6.45) is 2.36. The van der Waals surface area contributed by atoms with Crippen molar-refractivity contribution in [2.45, 2.75) is 31.8 Å². The van der Waals surface area contributed by atoms with Crippen LogP contribution in [0.1, 0.15) is 40.8 Å². The second kappa shape index (κ2) is 7.07. The molecule has 0 bridgehead atoms. The minimum absolute atomic E-state index is 0.0112. The molecule has 0 saturated carbocycles. The average Bonchev–Trinajstić information content (AvgIpc) is 3.10. The van der Waals surface area contributed by atoms with Crippen molar-refractivity contribution >= 4 is 5.91 Å². The molecule has 7 nitrogen and oxygen atoms in total. The van der Waals surface area contributed by atoms with E-state index in [1.807, 2.05) is 23.1 Å². The lowest BCUT2D eigenvalue weighted by Crippen LogP contribution is -2.39. The highest BCUT2D eigenvalue weighted by Crippen LogP contribution is 2.27. The van der Waals surface area contributed by atoms with Crippen LogP contribution in [0.2, 0.25) is 0 Å². The Kier molecular flexibility index (Phi) is 4.63. The van der Waals surface area contributed by atoms with Gasteiger partial charge in [0.15, 0.2) is 5.82 Å². The highest BCUT2D eigenvalue weighted by Gasteiger charge is 2.29. The number of carbonyl (C=O) groups excluding carboxylic acids is 1. The summed E-state index contributed by atoms with van der Waals surface area (Å²) in [4.78, 5) is 17.0. The SMILES string of the molecule is COc1cccc(C(=O)N2CCn3c(nnc3C3CCCN(C)C3)C2)c1. The van der Waals surface area contributed by atoms with Gasteiger partial charge in [-0.15, -0.1) is 10.2 Å². The average molecular weight is 355 g/mol. The summed E-state index contributed by atoms with van der Waals surface area (Å²) in [6.45, 7) is 4.13. The summed E-state index contributed by atoms with van der Waals surface area (Å²) in [5.74, 6) is 3.11. The van der Waals surface area contributed by atoms with E-state index in [-0.39, 0.29) is 5.91 Å². The van der Waals surface area contributed by atoms with E-state index < -0.39 is 0 Å². The van der Waals surface area contributed by atoms with E-state index in [2.05, 4.69) is 26.7 Å². The Bertz CT molecular complexity index is 803. The molecule has 1 atom stereocenters. The topological polar surface area (TPSA) is 63.5 Å². The van der Waals surface area contributed by atoms with Gasteiger partial charge in [0.1, 0.15) is 11.6 Å². The van der Waals surface area contributed by atoms with Crippen molar-refractivity contribution in [1.82, 2.24) is 24.6 Å². The van der Waals surface area contributed by atoms with Crippen LogP contribution in [0.15, 0.2) is 24.3 Å². The van der Waals surface area contributed by atoms with Gasteiger partial charge in [-0.25, -0.2) is 0 Å². The smallest absolute Gasteiger partial charge is 0.254 e. The monoisotopic (exact) mass is 355 g/mol. The third-order valence-electron chi connectivity index (χ3n) is 5.38. The number of piperidine rings is 1. The highest BCUT2D eigenvalue weighted by atomic mass is 16.5. The first-order valence-corrected chi connectivity index (χ1v) is 9.19. The number of hydrogen-bond acceptors (Lipinski definition) is 5. The molecule has 138 valence electrons. The molecule has 0 spiro atoms. The lowest BCUT2D eigenvalue weighted by Gasteiger charge is -2.32. The second-order valence-electron chi connectivity index (χ2n) is 7.19. The van der Waals surface area contributed by atoms with Crippen LogP contribution in [0.4, 0.5) is 0 Å². The summed E-state index contributed by atoms with van der Waals surface area (Å²) in [5, 5.41) is 8.87. The number of ether oxygens (including phenoxy) is 1. The molecule has 2 aliphatic heterocycles. The first-order chi connectivity index (χ1) is 12.7. The fourth-order valence-corrected chi connectivity index (χ4v) is 3.97. The van der Waals surface area contributed by atoms with Crippen molar-refractivity contribution in [3.05, 3.63) is 41.5 Å². The Hall–Kier alpha value is -2.41. The maximum absolute atomic E-state index is 12.8. The maximum atomic E-state index is 12.8. The normalized spacial score (nSPS) is 20.7. The molecule has 1 aromatic carbocycles. The van der Waals surface area contributed by atoms with Gasteiger partial charge in [0.05, 0.1) is 13.7 Å². The fraction of sp³-hybridized carbons (Fsp3) is 0.526. The molecule has 1 fully saturated rings. The zero-order chi connectivity index (χ0) is 18.1. The molecule has 0 radical (unpaired) electrons. The van der Waals surface area contributed by atoms with E-state index in [0.717, 1.165) is 37.7 Å². The molecule has 1 unspecified atom stereocenters. The highest BCUT2D eigenvalue weighted by molar-refractivity contribution is 5.94. The molecular weight excluding hydrogens is 330 g/mol. The molecular formula is C19H25N5O2. The zero-order valence-corrected chi connectivity index (χ0v) is 15.4. The number of hydrogen-bond donors (Lipinski definition) is 0. The van der Waals surface area contributed by atoms with Crippen molar-refractivity contribution in [2.24, 2.45) is 0 Å². The predicted octanol–water partition coefficient (Wildman–Crippen LogP) is 1.75. The molecule has 1 amide bonds. The summed E-state index contributed by atoms with van der Waals surface area (Å²) in [7, 11) is 3.77. The van der Waals surface area contributed by atoms with E-state index in [4.69, 9.17) is 4.74 Å². The third kappa shape index (κ3) is 3.19. The van der Waals surface area contributed by atoms with Crippen LogP contribution in [0.5, 0.6) is 5.75 Å². The fourth-order valence-electron chi connectivity index (χ4n) is 3.97. The molecule has 1 saturated heterocycles. The van der Waals surface area contributed by atoms with Crippen molar-refractivity contribution in [2.75, 3.05) is 33.8 Å². The summed E-state index contributed by atoms with van der Waals surface area (Å²) >= 11 is 0. The van der Waals surface area contributed by atoms with Gasteiger partial charge in [-0.3, -0.25) is 4.79 Å². The lowest BCUT2D eigenvalue weighted by atomic mass is 9.97. The van der Waals surface area contributed by atoms with Crippen LogP contribution in [0.3, 0.4) is 0 Å². The Labute approximate surface area is 153 Å². The van der Waals surface area contributed by atoms with Gasteiger partial charge in [0, 0.05) is 31.1 Å². The van der Waals surface area contributed by atoms with Gasteiger partial charge < -0.3 is 19.1 Å². The third-order valence-corrected chi connectivity index (χ3v) is 5.38. The van der Waals surface area contributed by atoms with Crippen molar-refractivity contribution in [1.29, 1.82) is 0 Å². The molecule has 26 heavy (non-hydrogen) atoms. The van der Waals surface area contributed by atoms with Crippen molar-refractivity contribution in [3.63, 3.8) is 0 Å². The standard InChI is InChI=1S/C19H25N5O2/c1-22-8-4-6-15(12-22)18-21-20-17-13-23(9-10-24(17)18)19(25)14-5-3-7-16(11-14)26-2/h3,5,7,11,15H,4,6,8-10,12-13H2,1-2H3. The number of likely N-dealkylation sites (tertiary alicyclic amines) is 1. The number of nitrogens with zero attached hydrogens (tertiary/aromatic N) is 5.